The van der Waals surface area contributed by atoms with Gasteiger partial charge >= 0.3 is 0 Å². The Morgan fingerprint density at radius 2 is 1.58 bits per heavy atom. The number of ether oxygens (including phenoxy) is 1. The SMILES string of the molecule is CC(C)(C)CCCCCCCCCCCOCn1cnc(C2(N)CC2)c1. The van der Waals surface area contributed by atoms with E-state index in [0.717, 1.165) is 31.6 Å². The van der Waals surface area contributed by atoms with Gasteiger partial charge in [0.15, 0.2) is 0 Å². The van der Waals surface area contributed by atoms with Crippen LogP contribution in [0.15, 0.2) is 12.5 Å². The molecular weight excluding hydrogens is 322 g/mol. The molecule has 4 heteroatoms. The third kappa shape index (κ3) is 8.68. The summed E-state index contributed by atoms with van der Waals surface area (Å²) in [7, 11) is 0. The number of nitrogens with two attached hydrogens (primary N) is 1. The Labute approximate surface area is 160 Å². The van der Waals surface area contributed by atoms with Crippen molar-refractivity contribution in [2.75, 3.05) is 6.61 Å². The van der Waals surface area contributed by atoms with Crippen LogP contribution in [-0.2, 0) is 17.0 Å². The largest absolute Gasteiger partial charge is 0.361 e. The smallest absolute Gasteiger partial charge is 0.123 e. The third-order valence-corrected chi connectivity index (χ3v) is 5.39. The van der Waals surface area contributed by atoms with Crippen molar-refractivity contribution < 1.29 is 4.74 Å². The molecule has 0 bridgehead atoms. The summed E-state index contributed by atoms with van der Waals surface area (Å²) in [6.07, 6.45) is 19.5. The fraction of sp³-hybridized carbons (Fsp3) is 0.864. The Morgan fingerprint density at radius 1 is 1.00 bits per heavy atom. The number of imidazole rings is 1. The molecule has 0 atom stereocenters. The van der Waals surface area contributed by atoms with Gasteiger partial charge in [-0.2, -0.15) is 0 Å². The van der Waals surface area contributed by atoms with Crippen LogP contribution in [0.3, 0.4) is 0 Å². The Hall–Kier alpha value is -0.870. The topological polar surface area (TPSA) is 53.1 Å². The van der Waals surface area contributed by atoms with E-state index in [2.05, 4.69) is 25.8 Å². The summed E-state index contributed by atoms with van der Waals surface area (Å²) in [5, 5.41) is 0. The van der Waals surface area contributed by atoms with Crippen LogP contribution in [-0.4, -0.2) is 16.2 Å². The van der Waals surface area contributed by atoms with Crippen LogP contribution in [0.4, 0.5) is 0 Å². The van der Waals surface area contributed by atoms with Gasteiger partial charge in [-0.25, -0.2) is 4.98 Å². The first-order valence-corrected chi connectivity index (χ1v) is 10.8. The Balaban J connectivity index is 1.34. The quantitative estimate of drug-likeness (QED) is 0.428. The molecule has 1 aliphatic rings. The van der Waals surface area contributed by atoms with E-state index in [4.69, 9.17) is 10.5 Å². The zero-order chi connectivity index (χ0) is 18.9. The van der Waals surface area contributed by atoms with Gasteiger partial charge in [0.1, 0.15) is 6.73 Å². The summed E-state index contributed by atoms with van der Waals surface area (Å²) in [6, 6.07) is 0. The van der Waals surface area contributed by atoms with Crippen LogP contribution < -0.4 is 5.73 Å². The van der Waals surface area contributed by atoms with Gasteiger partial charge in [-0.3, -0.25) is 0 Å². The highest BCUT2D eigenvalue weighted by molar-refractivity contribution is 5.19. The molecule has 1 aromatic rings. The first-order valence-electron chi connectivity index (χ1n) is 10.8. The second-order valence-electron chi connectivity index (χ2n) is 9.46. The molecule has 0 radical (unpaired) electrons. The summed E-state index contributed by atoms with van der Waals surface area (Å²) in [6.45, 7) is 8.46. The average Bonchev–Trinajstić information content (AvgIpc) is 3.14. The van der Waals surface area contributed by atoms with E-state index >= 15 is 0 Å². The van der Waals surface area contributed by atoms with E-state index < -0.39 is 0 Å². The molecule has 2 N–H and O–H groups in total. The van der Waals surface area contributed by atoms with Gasteiger partial charge in [-0.1, -0.05) is 72.1 Å². The van der Waals surface area contributed by atoms with Gasteiger partial charge < -0.3 is 15.0 Å². The number of rotatable bonds is 14. The maximum Gasteiger partial charge on any atom is 0.123 e. The van der Waals surface area contributed by atoms with Crippen molar-refractivity contribution in [2.24, 2.45) is 11.1 Å². The first-order chi connectivity index (χ1) is 12.4. The molecule has 0 saturated heterocycles. The molecule has 0 amide bonds. The van der Waals surface area contributed by atoms with Crippen LogP contribution in [0, 0.1) is 5.41 Å². The van der Waals surface area contributed by atoms with Gasteiger partial charge in [0.2, 0.25) is 0 Å². The van der Waals surface area contributed by atoms with Crippen molar-refractivity contribution in [1.82, 2.24) is 9.55 Å². The highest BCUT2D eigenvalue weighted by Crippen LogP contribution is 2.41. The van der Waals surface area contributed by atoms with E-state index in [1.807, 2.05) is 17.1 Å². The molecule has 2 rings (SSSR count). The van der Waals surface area contributed by atoms with Gasteiger partial charge in [0.25, 0.3) is 0 Å². The van der Waals surface area contributed by atoms with E-state index in [0.29, 0.717) is 12.1 Å². The summed E-state index contributed by atoms with van der Waals surface area (Å²) in [5.41, 5.74) is 7.53. The minimum absolute atomic E-state index is 0.141. The van der Waals surface area contributed by atoms with Crippen molar-refractivity contribution in [2.45, 2.75) is 110 Å². The predicted molar refractivity (Wildman–Crippen MR) is 109 cm³/mol. The van der Waals surface area contributed by atoms with Gasteiger partial charge in [0, 0.05) is 12.8 Å². The molecular formula is C22H41N3O. The lowest BCUT2D eigenvalue weighted by atomic mass is 9.89. The van der Waals surface area contributed by atoms with Crippen molar-refractivity contribution in [3.05, 3.63) is 18.2 Å². The van der Waals surface area contributed by atoms with Crippen LogP contribution in [0.5, 0.6) is 0 Å². The van der Waals surface area contributed by atoms with Crippen molar-refractivity contribution in [3.8, 4) is 0 Å². The molecule has 150 valence electrons. The van der Waals surface area contributed by atoms with Gasteiger partial charge in [0.05, 0.1) is 17.6 Å². The van der Waals surface area contributed by atoms with Gasteiger partial charge in [-0.05, 0) is 31.1 Å². The van der Waals surface area contributed by atoms with E-state index in [-0.39, 0.29) is 5.54 Å². The number of nitrogens with zero attached hydrogens (tertiary/aromatic N) is 2. The van der Waals surface area contributed by atoms with Gasteiger partial charge in [-0.15, -0.1) is 0 Å². The second-order valence-corrected chi connectivity index (χ2v) is 9.46. The summed E-state index contributed by atoms with van der Waals surface area (Å²) >= 11 is 0. The minimum Gasteiger partial charge on any atom is -0.361 e. The molecule has 1 saturated carbocycles. The Kier molecular flexibility index (Phi) is 8.62. The van der Waals surface area contributed by atoms with Crippen LogP contribution >= 0.6 is 0 Å². The molecule has 1 aliphatic carbocycles. The first kappa shape index (κ1) is 21.4. The second kappa shape index (κ2) is 10.5. The molecule has 0 aromatic carbocycles. The van der Waals surface area contributed by atoms with Crippen LogP contribution in [0.25, 0.3) is 0 Å². The Bertz CT molecular complexity index is 500. The van der Waals surface area contributed by atoms with E-state index in [1.54, 1.807) is 0 Å². The molecule has 0 spiro atoms. The van der Waals surface area contributed by atoms with Crippen molar-refractivity contribution >= 4 is 0 Å². The zero-order valence-electron chi connectivity index (χ0n) is 17.4. The molecule has 1 fully saturated rings. The fourth-order valence-electron chi connectivity index (χ4n) is 3.35. The lowest BCUT2D eigenvalue weighted by molar-refractivity contribution is 0.0737. The highest BCUT2D eigenvalue weighted by atomic mass is 16.5. The maximum atomic E-state index is 6.15. The fourth-order valence-corrected chi connectivity index (χ4v) is 3.35. The lowest BCUT2D eigenvalue weighted by Gasteiger charge is -2.17. The summed E-state index contributed by atoms with van der Waals surface area (Å²) in [4.78, 5) is 4.40. The Morgan fingerprint density at radius 3 is 2.15 bits per heavy atom. The van der Waals surface area contributed by atoms with Crippen molar-refractivity contribution in [3.63, 3.8) is 0 Å². The van der Waals surface area contributed by atoms with Crippen LogP contribution in [0.2, 0.25) is 0 Å². The molecule has 1 aromatic heterocycles. The van der Waals surface area contributed by atoms with Crippen molar-refractivity contribution in [1.29, 1.82) is 0 Å². The number of aromatic nitrogens is 2. The number of unbranched alkanes of at least 4 members (excludes halogenated alkanes) is 8. The number of hydrogen-bond acceptors (Lipinski definition) is 3. The molecule has 26 heavy (non-hydrogen) atoms. The monoisotopic (exact) mass is 363 g/mol. The normalized spacial score (nSPS) is 16.2. The van der Waals surface area contributed by atoms with Crippen LogP contribution in [0.1, 0.15) is 104 Å². The lowest BCUT2D eigenvalue weighted by Crippen LogP contribution is -2.19. The molecule has 1 heterocycles. The third-order valence-electron chi connectivity index (χ3n) is 5.39. The minimum atomic E-state index is -0.141. The predicted octanol–water partition coefficient (Wildman–Crippen LogP) is 5.75. The molecule has 0 aliphatic heterocycles. The van der Waals surface area contributed by atoms with E-state index in [1.165, 1.54) is 57.8 Å². The molecule has 4 nitrogen and oxygen atoms in total. The summed E-state index contributed by atoms with van der Waals surface area (Å²) < 4.78 is 7.75. The number of hydrogen-bond donors (Lipinski definition) is 1. The average molecular weight is 364 g/mol. The highest BCUT2D eigenvalue weighted by Gasteiger charge is 2.42. The zero-order valence-corrected chi connectivity index (χ0v) is 17.4. The van der Waals surface area contributed by atoms with E-state index in [9.17, 15) is 0 Å². The standard InChI is InChI=1S/C22H41N3O/c1-21(2,3)13-11-9-7-5-4-6-8-10-12-16-26-19-25-17-20(24-18-25)22(23)14-15-22/h17-18H,4-16,19,23H2,1-3H3. The molecule has 0 unspecified atom stereocenters. The maximum absolute atomic E-state index is 6.15. The summed E-state index contributed by atoms with van der Waals surface area (Å²) in [5.74, 6) is 0.